The Balaban J connectivity index is 0.00000208. The molecule has 0 saturated carbocycles. The number of piperazine rings is 1. The highest BCUT2D eigenvalue weighted by atomic mass is 127. The molecule has 2 N–H and O–H groups in total. The highest BCUT2D eigenvalue weighted by molar-refractivity contribution is 14.0. The zero-order valence-electron chi connectivity index (χ0n) is 13.4. The Morgan fingerprint density at radius 1 is 1.12 bits per heavy atom. The summed E-state index contributed by atoms with van der Waals surface area (Å²) in [4.78, 5) is 10.4. The normalized spacial score (nSPS) is 15.3. The topological polar surface area (TPSA) is 44.9 Å². The Bertz CT molecular complexity index is 637. The van der Waals surface area contributed by atoms with E-state index in [0.29, 0.717) is 5.96 Å². The van der Waals surface area contributed by atoms with Crippen molar-refractivity contribution < 1.29 is 0 Å². The van der Waals surface area contributed by atoms with Crippen LogP contribution in [0.3, 0.4) is 0 Å². The van der Waals surface area contributed by atoms with Crippen molar-refractivity contribution in [3.8, 4) is 0 Å². The number of aliphatic imine (C=N–C) groups is 1. The molecule has 2 aromatic rings. The molecule has 7 heteroatoms. The second-order valence-electron chi connectivity index (χ2n) is 5.52. The summed E-state index contributed by atoms with van der Waals surface area (Å²) in [6.07, 6.45) is 0.961. The van der Waals surface area contributed by atoms with Gasteiger partial charge in [-0.3, -0.25) is 4.99 Å². The molecule has 0 amide bonds. The Hall–Kier alpha value is -0.990. The van der Waals surface area contributed by atoms with Crippen molar-refractivity contribution in [1.82, 2.24) is 4.90 Å². The highest BCUT2D eigenvalue weighted by Crippen LogP contribution is 2.19. The second kappa shape index (κ2) is 9.48. The highest BCUT2D eigenvalue weighted by Gasteiger charge is 2.18. The van der Waals surface area contributed by atoms with E-state index in [9.17, 15) is 0 Å². The quantitative estimate of drug-likeness (QED) is 0.416. The number of rotatable bonds is 4. The molecule has 1 aliphatic heterocycles. The van der Waals surface area contributed by atoms with E-state index >= 15 is 0 Å². The molecule has 3 rings (SSSR count). The van der Waals surface area contributed by atoms with Crippen molar-refractivity contribution in [2.45, 2.75) is 6.42 Å². The third-order valence-electron chi connectivity index (χ3n) is 4.01. The van der Waals surface area contributed by atoms with Gasteiger partial charge < -0.3 is 15.5 Å². The van der Waals surface area contributed by atoms with Crippen LogP contribution in [0.15, 0.2) is 46.8 Å². The van der Waals surface area contributed by atoms with Crippen LogP contribution in [0.4, 0.5) is 5.69 Å². The van der Waals surface area contributed by atoms with Crippen LogP contribution in [0, 0.1) is 0 Å². The van der Waals surface area contributed by atoms with Crippen LogP contribution in [0.2, 0.25) is 5.02 Å². The molecule has 1 aromatic carbocycles. The smallest absolute Gasteiger partial charge is 0.191 e. The molecule has 1 fully saturated rings. The Morgan fingerprint density at radius 3 is 2.46 bits per heavy atom. The first kappa shape index (κ1) is 19.3. The molecule has 0 unspecified atom stereocenters. The Labute approximate surface area is 169 Å². The number of thiophene rings is 1. The number of halogens is 2. The number of nitrogens with two attached hydrogens (primary N) is 1. The fourth-order valence-electron chi connectivity index (χ4n) is 2.68. The summed E-state index contributed by atoms with van der Waals surface area (Å²) < 4.78 is 0. The molecule has 130 valence electrons. The summed E-state index contributed by atoms with van der Waals surface area (Å²) >= 11 is 7.71. The van der Waals surface area contributed by atoms with E-state index in [1.54, 1.807) is 11.3 Å². The lowest BCUT2D eigenvalue weighted by Gasteiger charge is -2.36. The van der Waals surface area contributed by atoms with Gasteiger partial charge in [-0.25, -0.2) is 0 Å². The average Bonchev–Trinajstić information content (AvgIpc) is 3.09. The summed E-state index contributed by atoms with van der Waals surface area (Å²) in [6, 6.07) is 12.2. The van der Waals surface area contributed by atoms with E-state index in [2.05, 4.69) is 44.4 Å². The number of guanidine groups is 1. The second-order valence-corrected chi connectivity index (χ2v) is 6.99. The maximum absolute atomic E-state index is 6.14. The number of nitrogens with zero attached hydrogens (tertiary/aromatic N) is 3. The van der Waals surface area contributed by atoms with Crippen LogP contribution < -0.4 is 10.6 Å². The molecular weight excluding hydrogens is 455 g/mol. The molecule has 1 saturated heterocycles. The van der Waals surface area contributed by atoms with Crippen molar-refractivity contribution in [3.05, 3.63) is 51.7 Å². The number of anilines is 1. The van der Waals surface area contributed by atoms with Crippen LogP contribution >= 0.6 is 46.9 Å². The van der Waals surface area contributed by atoms with Crippen molar-refractivity contribution >= 4 is 58.6 Å². The molecular formula is C17H22ClIN4S. The Kier molecular flexibility index (Phi) is 7.64. The fraction of sp³-hybridized carbons (Fsp3) is 0.353. The molecule has 0 radical (unpaired) electrons. The van der Waals surface area contributed by atoms with Gasteiger partial charge in [-0.05, 0) is 35.7 Å². The number of benzene rings is 1. The molecule has 1 aromatic heterocycles. The first-order chi connectivity index (χ1) is 11.2. The lowest BCUT2D eigenvalue weighted by molar-refractivity contribution is 0.381. The van der Waals surface area contributed by atoms with Gasteiger partial charge in [0, 0.05) is 54.7 Å². The monoisotopic (exact) mass is 476 g/mol. The largest absolute Gasteiger partial charge is 0.370 e. The lowest BCUT2D eigenvalue weighted by atomic mass is 10.2. The summed E-state index contributed by atoms with van der Waals surface area (Å²) in [7, 11) is 0. The minimum atomic E-state index is 0. The van der Waals surface area contributed by atoms with Gasteiger partial charge in [0.1, 0.15) is 0 Å². The minimum Gasteiger partial charge on any atom is -0.370 e. The van der Waals surface area contributed by atoms with Crippen LogP contribution in [0.5, 0.6) is 0 Å². The maximum atomic E-state index is 6.14. The van der Waals surface area contributed by atoms with E-state index in [-0.39, 0.29) is 24.0 Å². The van der Waals surface area contributed by atoms with E-state index < -0.39 is 0 Å². The standard InChI is InChI=1S/C17H21ClN4S.HI/c18-14-3-5-15(6-4-14)21-9-11-22(12-10-21)17(19)20-8-7-16-2-1-13-23-16;/h1-6,13H,7-12H2,(H2,19,20);1H. The van der Waals surface area contributed by atoms with E-state index in [0.717, 1.165) is 44.2 Å². The van der Waals surface area contributed by atoms with E-state index in [4.69, 9.17) is 17.3 Å². The number of hydrogen-bond acceptors (Lipinski definition) is 3. The average molecular weight is 477 g/mol. The van der Waals surface area contributed by atoms with Crippen molar-refractivity contribution in [2.24, 2.45) is 10.7 Å². The number of hydrogen-bond donors (Lipinski definition) is 1. The van der Waals surface area contributed by atoms with Gasteiger partial charge in [-0.2, -0.15) is 0 Å². The van der Waals surface area contributed by atoms with Gasteiger partial charge in [0.25, 0.3) is 0 Å². The van der Waals surface area contributed by atoms with Crippen LogP contribution in [-0.4, -0.2) is 43.6 Å². The molecule has 0 spiro atoms. The molecule has 4 nitrogen and oxygen atoms in total. The van der Waals surface area contributed by atoms with E-state index in [1.807, 2.05) is 12.1 Å². The first-order valence-corrected chi connectivity index (χ1v) is 9.06. The molecule has 0 bridgehead atoms. The SMILES string of the molecule is I.NC(=NCCc1cccs1)N1CCN(c2ccc(Cl)cc2)CC1. The summed E-state index contributed by atoms with van der Waals surface area (Å²) in [5, 5.41) is 2.87. The predicted molar refractivity (Wildman–Crippen MR) is 115 cm³/mol. The van der Waals surface area contributed by atoms with Crippen molar-refractivity contribution in [2.75, 3.05) is 37.6 Å². The van der Waals surface area contributed by atoms with Crippen molar-refractivity contribution in [1.29, 1.82) is 0 Å². The van der Waals surface area contributed by atoms with Gasteiger partial charge in [0.15, 0.2) is 5.96 Å². The molecule has 0 aliphatic carbocycles. The van der Waals surface area contributed by atoms with E-state index in [1.165, 1.54) is 10.6 Å². The first-order valence-electron chi connectivity index (χ1n) is 7.80. The van der Waals surface area contributed by atoms with Gasteiger partial charge >= 0.3 is 0 Å². The minimum absolute atomic E-state index is 0. The van der Waals surface area contributed by atoms with Crippen LogP contribution in [0.25, 0.3) is 0 Å². The summed E-state index contributed by atoms with van der Waals surface area (Å²) in [5.74, 6) is 0.664. The van der Waals surface area contributed by atoms with Gasteiger partial charge in [-0.15, -0.1) is 35.3 Å². The van der Waals surface area contributed by atoms with Crippen LogP contribution in [0.1, 0.15) is 4.88 Å². The molecule has 24 heavy (non-hydrogen) atoms. The zero-order valence-corrected chi connectivity index (χ0v) is 17.3. The zero-order chi connectivity index (χ0) is 16.1. The van der Waals surface area contributed by atoms with Crippen LogP contribution in [-0.2, 0) is 6.42 Å². The summed E-state index contributed by atoms with van der Waals surface area (Å²) in [6.45, 7) is 4.45. The molecule has 1 aliphatic rings. The summed E-state index contributed by atoms with van der Waals surface area (Å²) in [5.41, 5.74) is 7.35. The lowest BCUT2D eigenvalue weighted by Crippen LogP contribution is -2.51. The predicted octanol–water partition coefficient (Wildman–Crippen LogP) is 3.70. The fourth-order valence-corrected chi connectivity index (χ4v) is 3.51. The maximum Gasteiger partial charge on any atom is 0.191 e. The van der Waals surface area contributed by atoms with Gasteiger partial charge in [-0.1, -0.05) is 17.7 Å². The van der Waals surface area contributed by atoms with Gasteiger partial charge in [0.2, 0.25) is 0 Å². The molecule has 2 heterocycles. The van der Waals surface area contributed by atoms with Crippen molar-refractivity contribution in [3.63, 3.8) is 0 Å². The molecule has 0 atom stereocenters. The van der Waals surface area contributed by atoms with Gasteiger partial charge in [0.05, 0.1) is 0 Å². The third-order valence-corrected chi connectivity index (χ3v) is 5.20. The Morgan fingerprint density at radius 2 is 1.83 bits per heavy atom. The third kappa shape index (κ3) is 5.26.